The molecule has 0 radical (unpaired) electrons. The largest absolute Gasteiger partial charge is 0.489 e. The molecule has 0 bridgehead atoms. The Balaban J connectivity index is 2.81. The van der Waals surface area contributed by atoms with E-state index in [4.69, 9.17) is 4.74 Å². The van der Waals surface area contributed by atoms with E-state index in [9.17, 15) is 9.59 Å². The number of carbonyl (C=O) groups excluding carboxylic acids is 1. The van der Waals surface area contributed by atoms with E-state index in [2.05, 4.69) is 15.3 Å². The number of rotatable bonds is 5. The quantitative estimate of drug-likeness (QED) is 0.714. The molecule has 1 heterocycles. The first-order chi connectivity index (χ1) is 8.10. The van der Waals surface area contributed by atoms with Crippen LogP contribution in [0.5, 0.6) is 5.75 Å². The zero-order valence-corrected chi connectivity index (χ0v) is 10.1. The van der Waals surface area contributed by atoms with Gasteiger partial charge in [0.15, 0.2) is 5.82 Å². The summed E-state index contributed by atoms with van der Waals surface area (Å²) in [4.78, 5) is 30.7. The summed E-state index contributed by atoms with van der Waals surface area (Å²) in [7, 11) is 4.73. The third-order valence-corrected chi connectivity index (χ3v) is 2.31. The topological polar surface area (TPSA) is 87.3 Å². The van der Waals surface area contributed by atoms with Crippen LogP contribution >= 0.6 is 0 Å². The van der Waals surface area contributed by atoms with Crippen LogP contribution in [0, 0.1) is 0 Å². The van der Waals surface area contributed by atoms with Gasteiger partial charge in [-0.1, -0.05) is 0 Å². The molecule has 0 fully saturated rings. The molecule has 17 heavy (non-hydrogen) atoms. The molecule has 1 aromatic rings. The minimum absolute atomic E-state index is 0.0688. The van der Waals surface area contributed by atoms with Crippen LogP contribution in [-0.4, -0.2) is 43.6 Å². The fourth-order valence-electron chi connectivity index (χ4n) is 1.33. The van der Waals surface area contributed by atoms with E-state index in [1.54, 1.807) is 19.0 Å². The first-order valence-corrected chi connectivity index (χ1v) is 5.13. The first kappa shape index (κ1) is 13.0. The number of hydrogen-bond donors (Lipinski definition) is 2. The van der Waals surface area contributed by atoms with Crippen molar-refractivity contribution < 1.29 is 9.53 Å². The van der Waals surface area contributed by atoms with Crippen molar-refractivity contribution in [1.29, 1.82) is 0 Å². The molecule has 0 aliphatic rings. The van der Waals surface area contributed by atoms with Gasteiger partial charge in [-0.25, -0.2) is 4.98 Å². The summed E-state index contributed by atoms with van der Waals surface area (Å²) < 4.78 is 4.98. The van der Waals surface area contributed by atoms with Crippen LogP contribution in [0.25, 0.3) is 0 Å². The fraction of sp³-hybridized carbons (Fsp3) is 0.500. The number of carbonyl (C=O) groups is 1. The molecule has 0 atom stereocenters. The number of H-pyrrole nitrogens is 1. The normalized spacial score (nSPS) is 9.82. The average molecular weight is 240 g/mol. The van der Waals surface area contributed by atoms with Gasteiger partial charge in [0.2, 0.25) is 11.7 Å². The second-order valence-corrected chi connectivity index (χ2v) is 3.43. The van der Waals surface area contributed by atoms with Gasteiger partial charge in [0.05, 0.1) is 13.4 Å². The standard InChI is InChI=1S/C10H16N4O3/c1-11-7(15)4-5-14(2)9-8(17-3)10(16)13-6-12-9/h6H,4-5H2,1-3H3,(H,11,15)(H,12,13,16). The molecule has 1 amide bonds. The van der Waals surface area contributed by atoms with E-state index >= 15 is 0 Å². The predicted molar refractivity (Wildman–Crippen MR) is 63.4 cm³/mol. The molecule has 0 saturated carbocycles. The molecule has 0 aliphatic heterocycles. The second kappa shape index (κ2) is 5.88. The van der Waals surface area contributed by atoms with Gasteiger partial charge in [0.1, 0.15) is 0 Å². The van der Waals surface area contributed by atoms with Crippen molar-refractivity contribution in [2.24, 2.45) is 0 Å². The van der Waals surface area contributed by atoms with Crippen LogP contribution in [0.3, 0.4) is 0 Å². The fourth-order valence-corrected chi connectivity index (χ4v) is 1.33. The molecule has 0 unspecified atom stereocenters. The maximum atomic E-state index is 11.4. The number of aromatic amines is 1. The van der Waals surface area contributed by atoms with Crippen molar-refractivity contribution >= 4 is 11.7 Å². The lowest BCUT2D eigenvalue weighted by Crippen LogP contribution is -2.28. The van der Waals surface area contributed by atoms with Crippen molar-refractivity contribution in [2.75, 3.05) is 32.6 Å². The number of nitrogens with one attached hydrogen (secondary N) is 2. The molecule has 7 heteroatoms. The van der Waals surface area contributed by atoms with Gasteiger partial charge in [-0.2, -0.15) is 0 Å². The van der Waals surface area contributed by atoms with Gasteiger partial charge in [0, 0.05) is 27.1 Å². The number of methoxy groups -OCH3 is 1. The zero-order chi connectivity index (χ0) is 12.8. The summed E-state index contributed by atoms with van der Waals surface area (Å²) in [5, 5.41) is 2.53. The van der Waals surface area contributed by atoms with Crippen molar-refractivity contribution in [1.82, 2.24) is 15.3 Å². The molecule has 1 rings (SSSR count). The lowest BCUT2D eigenvalue weighted by Gasteiger charge is -2.18. The molecule has 0 aromatic carbocycles. The molecule has 0 saturated heterocycles. The highest BCUT2D eigenvalue weighted by atomic mass is 16.5. The van der Waals surface area contributed by atoms with E-state index in [1.807, 2.05) is 0 Å². The third-order valence-electron chi connectivity index (χ3n) is 2.31. The van der Waals surface area contributed by atoms with Crippen LogP contribution in [0.1, 0.15) is 6.42 Å². The van der Waals surface area contributed by atoms with Crippen LogP contribution in [0.2, 0.25) is 0 Å². The number of ether oxygens (including phenoxy) is 1. The predicted octanol–water partition coefficient (Wildman–Crippen LogP) is -0.649. The van der Waals surface area contributed by atoms with Crippen molar-refractivity contribution in [3.8, 4) is 5.75 Å². The Labute approximate surface area is 98.8 Å². The number of anilines is 1. The van der Waals surface area contributed by atoms with Crippen LogP contribution in [-0.2, 0) is 4.79 Å². The Kier molecular flexibility index (Phi) is 4.50. The Morgan fingerprint density at radius 1 is 1.65 bits per heavy atom. The van der Waals surface area contributed by atoms with Crippen molar-refractivity contribution in [3.63, 3.8) is 0 Å². The highest BCUT2D eigenvalue weighted by Crippen LogP contribution is 2.18. The SMILES string of the molecule is CNC(=O)CCN(C)c1nc[nH]c(=O)c1OC. The summed E-state index contributed by atoms with van der Waals surface area (Å²) in [6.45, 7) is 0.451. The summed E-state index contributed by atoms with van der Waals surface area (Å²) >= 11 is 0. The van der Waals surface area contributed by atoms with Crippen LogP contribution in [0.15, 0.2) is 11.1 Å². The second-order valence-electron chi connectivity index (χ2n) is 3.43. The van der Waals surface area contributed by atoms with E-state index in [0.717, 1.165) is 0 Å². The summed E-state index contributed by atoms with van der Waals surface area (Å²) in [6.07, 6.45) is 1.63. The van der Waals surface area contributed by atoms with Crippen molar-refractivity contribution in [3.05, 3.63) is 16.7 Å². The highest BCUT2D eigenvalue weighted by molar-refractivity contribution is 5.76. The van der Waals surface area contributed by atoms with Gasteiger partial charge in [-0.15, -0.1) is 0 Å². The third kappa shape index (κ3) is 3.20. The Hall–Kier alpha value is -2.05. The highest BCUT2D eigenvalue weighted by Gasteiger charge is 2.13. The Bertz CT molecular complexity index is 443. The smallest absolute Gasteiger partial charge is 0.295 e. The van der Waals surface area contributed by atoms with Crippen LogP contribution in [0.4, 0.5) is 5.82 Å². The monoisotopic (exact) mass is 240 g/mol. The molecular weight excluding hydrogens is 224 g/mol. The molecule has 2 N–H and O–H groups in total. The lowest BCUT2D eigenvalue weighted by atomic mass is 10.3. The lowest BCUT2D eigenvalue weighted by molar-refractivity contribution is -0.120. The van der Waals surface area contributed by atoms with E-state index in [-0.39, 0.29) is 17.2 Å². The maximum absolute atomic E-state index is 11.4. The summed E-state index contributed by atoms with van der Waals surface area (Å²) in [5.41, 5.74) is -0.343. The molecular formula is C10H16N4O3. The van der Waals surface area contributed by atoms with E-state index < -0.39 is 0 Å². The number of aromatic nitrogens is 2. The van der Waals surface area contributed by atoms with Gasteiger partial charge < -0.3 is 19.9 Å². The molecule has 0 aliphatic carbocycles. The Morgan fingerprint density at radius 2 is 2.35 bits per heavy atom. The van der Waals surface area contributed by atoms with Gasteiger partial charge in [-0.3, -0.25) is 9.59 Å². The Morgan fingerprint density at radius 3 is 2.94 bits per heavy atom. The maximum Gasteiger partial charge on any atom is 0.295 e. The van der Waals surface area contributed by atoms with Crippen LogP contribution < -0.4 is 20.5 Å². The number of amides is 1. The number of nitrogens with zero attached hydrogens (tertiary/aromatic N) is 2. The van der Waals surface area contributed by atoms with E-state index in [1.165, 1.54) is 13.4 Å². The van der Waals surface area contributed by atoms with Gasteiger partial charge >= 0.3 is 0 Å². The summed E-state index contributed by atoms with van der Waals surface area (Å²) in [6, 6.07) is 0. The number of hydrogen-bond acceptors (Lipinski definition) is 5. The minimum atomic E-state index is -0.343. The molecule has 1 aromatic heterocycles. The molecule has 94 valence electrons. The average Bonchev–Trinajstić information content (AvgIpc) is 2.35. The zero-order valence-electron chi connectivity index (χ0n) is 10.1. The minimum Gasteiger partial charge on any atom is -0.489 e. The van der Waals surface area contributed by atoms with Gasteiger partial charge in [-0.05, 0) is 0 Å². The van der Waals surface area contributed by atoms with Crippen molar-refractivity contribution in [2.45, 2.75) is 6.42 Å². The van der Waals surface area contributed by atoms with E-state index in [0.29, 0.717) is 18.8 Å². The first-order valence-electron chi connectivity index (χ1n) is 5.13. The van der Waals surface area contributed by atoms with Gasteiger partial charge in [0.25, 0.3) is 5.56 Å². The molecule has 0 spiro atoms. The molecule has 7 nitrogen and oxygen atoms in total. The summed E-state index contributed by atoms with van der Waals surface area (Å²) in [5.74, 6) is 0.493.